The highest BCUT2D eigenvalue weighted by Crippen LogP contribution is 2.50. The van der Waals surface area contributed by atoms with E-state index >= 15 is 4.39 Å². The van der Waals surface area contributed by atoms with Gasteiger partial charge in [0.1, 0.15) is 12.1 Å². The Balaban J connectivity index is 1.05. The highest BCUT2D eigenvalue weighted by molar-refractivity contribution is 6.23. The molecule has 196 valence electrons. The Hall–Kier alpha value is -3.34. The number of nitrogens with one attached hydrogen (secondary N) is 1. The molecule has 1 aliphatic carbocycles. The van der Waals surface area contributed by atoms with Gasteiger partial charge in [-0.2, -0.15) is 0 Å². The van der Waals surface area contributed by atoms with Crippen molar-refractivity contribution in [1.29, 1.82) is 0 Å². The van der Waals surface area contributed by atoms with Crippen LogP contribution in [0.15, 0.2) is 18.2 Å². The van der Waals surface area contributed by atoms with E-state index in [1.807, 2.05) is 4.90 Å². The summed E-state index contributed by atoms with van der Waals surface area (Å²) in [6, 6.07) is 3.85. The predicted molar refractivity (Wildman–Crippen MR) is 127 cm³/mol. The molecule has 1 N–H and O–H groups in total. The van der Waals surface area contributed by atoms with Gasteiger partial charge in [-0.15, -0.1) is 0 Å². The van der Waals surface area contributed by atoms with E-state index in [4.69, 9.17) is 4.74 Å². The minimum absolute atomic E-state index is 0.0300. The molecule has 1 atom stereocenters. The van der Waals surface area contributed by atoms with Gasteiger partial charge in [0.05, 0.1) is 24.2 Å². The first-order valence-electron chi connectivity index (χ1n) is 12.8. The van der Waals surface area contributed by atoms with Crippen LogP contribution < -0.4 is 10.2 Å². The lowest BCUT2D eigenvalue weighted by molar-refractivity contribution is -0.150. The minimum Gasteiger partial charge on any atom is -0.465 e. The fourth-order valence-corrected chi connectivity index (χ4v) is 6.65. The first-order valence-corrected chi connectivity index (χ1v) is 12.8. The summed E-state index contributed by atoms with van der Waals surface area (Å²) in [6.07, 6.45) is 3.95. The second-order valence-electron chi connectivity index (χ2n) is 11.2. The third-order valence-electron chi connectivity index (χ3n) is 8.73. The van der Waals surface area contributed by atoms with Gasteiger partial charge in [0, 0.05) is 18.7 Å². The standard InChI is InChI=1S/C26H29FN4O6/c27-26(12-29-7-5-25(6-8-29)10-17(11-25)37-15-32)13-30(14-26)16-1-2-18-19(9-16)24(36)31(23(18)35)20-3-4-21(33)28-22(20)34/h1-2,9,15,17,20H,3-8,10-14H2,(H,28,33,34). The Morgan fingerprint density at radius 3 is 2.43 bits per heavy atom. The van der Waals surface area contributed by atoms with Gasteiger partial charge in [0.25, 0.3) is 18.3 Å². The molecule has 37 heavy (non-hydrogen) atoms. The van der Waals surface area contributed by atoms with Crippen LogP contribution in [0.3, 0.4) is 0 Å². The smallest absolute Gasteiger partial charge is 0.293 e. The van der Waals surface area contributed by atoms with E-state index in [-0.39, 0.29) is 48.6 Å². The zero-order valence-electron chi connectivity index (χ0n) is 20.4. The van der Waals surface area contributed by atoms with Crippen molar-refractivity contribution < 1.29 is 33.1 Å². The molecule has 4 aliphatic heterocycles. The average Bonchev–Trinajstić information content (AvgIpc) is 3.07. The van der Waals surface area contributed by atoms with Gasteiger partial charge < -0.3 is 9.64 Å². The largest absolute Gasteiger partial charge is 0.465 e. The van der Waals surface area contributed by atoms with Crippen molar-refractivity contribution in [3.8, 4) is 0 Å². The van der Waals surface area contributed by atoms with Crippen LogP contribution in [0.5, 0.6) is 0 Å². The number of hydrogen-bond acceptors (Lipinski definition) is 8. The Morgan fingerprint density at radius 1 is 1.05 bits per heavy atom. The number of imide groups is 2. The number of anilines is 1. The van der Waals surface area contributed by atoms with Crippen molar-refractivity contribution >= 4 is 35.8 Å². The van der Waals surface area contributed by atoms with Gasteiger partial charge in [-0.25, -0.2) is 4.39 Å². The average molecular weight is 513 g/mol. The van der Waals surface area contributed by atoms with Gasteiger partial charge in [0.2, 0.25) is 11.8 Å². The third-order valence-corrected chi connectivity index (χ3v) is 8.73. The summed E-state index contributed by atoms with van der Waals surface area (Å²) < 4.78 is 20.6. The maximum Gasteiger partial charge on any atom is 0.293 e. The number of rotatable bonds is 6. The van der Waals surface area contributed by atoms with E-state index in [1.165, 1.54) is 0 Å². The number of amides is 4. The van der Waals surface area contributed by atoms with E-state index in [0.29, 0.717) is 18.7 Å². The summed E-state index contributed by atoms with van der Waals surface area (Å²) in [5, 5.41) is 2.19. The van der Waals surface area contributed by atoms with Crippen LogP contribution in [0.2, 0.25) is 0 Å². The fraction of sp³-hybridized carbons (Fsp3) is 0.577. The lowest BCUT2D eigenvalue weighted by Gasteiger charge is -2.53. The molecule has 4 fully saturated rings. The Kier molecular flexibility index (Phi) is 5.59. The van der Waals surface area contributed by atoms with Crippen molar-refractivity contribution in [2.45, 2.75) is 56.3 Å². The molecular formula is C26H29FN4O6. The monoisotopic (exact) mass is 512 g/mol. The first kappa shape index (κ1) is 24.0. The number of carbonyl (C=O) groups is 5. The number of fused-ring (bicyclic) bond motifs is 1. The van der Waals surface area contributed by atoms with Crippen molar-refractivity contribution in [3.63, 3.8) is 0 Å². The Labute approximate surface area is 213 Å². The Morgan fingerprint density at radius 2 is 1.76 bits per heavy atom. The summed E-state index contributed by atoms with van der Waals surface area (Å²) in [5.41, 5.74) is -0.0568. The van der Waals surface area contributed by atoms with Crippen molar-refractivity contribution in [2.24, 2.45) is 5.41 Å². The first-order chi connectivity index (χ1) is 17.7. The second-order valence-corrected chi connectivity index (χ2v) is 11.2. The van der Waals surface area contributed by atoms with Gasteiger partial charge in [-0.1, -0.05) is 0 Å². The minimum atomic E-state index is -1.36. The van der Waals surface area contributed by atoms with E-state index in [2.05, 4.69) is 10.2 Å². The molecule has 4 amide bonds. The molecule has 4 heterocycles. The predicted octanol–water partition coefficient (Wildman–Crippen LogP) is 1.03. The van der Waals surface area contributed by atoms with Gasteiger partial charge in [-0.05, 0) is 68.8 Å². The highest BCUT2D eigenvalue weighted by atomic mass is 19.1. The third kappa shape index (κ3) is 4.09. The zero-order chi connectivity index (χ0) is 25.9. The van der Waals surface area contributed by atoms with Crippen LogP contribution in [0, 0.1) is 5.41 Å². The fourth-order valence-electron chi connectivity index (χ4n) is 6.65. The summed E-state index contributed by atoms with van der Waals surface area (Å²) in [5.74, 6) is -2.19. The molecule has 0 bridgehead atoms. The normalized spacial score (nSPS) is 27.0. The summed E-state index contributed by atoms with van der Waals surface area (Å²) in [4.78, 5) is 65.1. The molecule has 11 heteroatoms. The quantitative estimate of drug-likeness (QED) is 0.444. The van der Waals surface area contributed by atoms with E-state index in [0.717, 1.165) is 43.7 Å². The number of likely N-dealkylation sites (tertiary alicyclic amines) is 1. The molecule has 1 unspecified atom stereocenters. The lowest BCUT2D eigenvalue weighted by atomic mass is 9.61. The van der Waals surface area contributed by atoms with Crippen LogP contribution in [0.4, 0.5) is 10.1 Å². The molecule has 10 nitrogen and oxygen atoms in total. The molecule has 1 aromatic rings. The molecule has 1 aromatic carbocycles. The molecule has 3 saturated heterocycles. The molecule has 5 aliphatic rings. The van der Waals surface area contributed by atoms with Crippen LogP contribution in [-0.2, 0) is 19.1 Å². The second kappa shape index (κ2) is 8.61. The summed E-state index contributed by atoms with van der Waals surface area (Å²) >= 11 is 0. The van der Waals surface area contributed by atoms with Gasteiger partial charge in [-0.3, -0.25) is 39.1 Å². The lowest BCUT2D eigenvalue weighted by Crippen LogP contribution is -2.65. The SMILES string of the molecule is O=COC1CC2(CCN(CC3(F)CN(c4ccc5c(c4)C(=O)N(C4CCC(=O)NC4=O)C5=O)C3)CC2)C1. The van der Waals surface area contributed by atoms with Crippen molar-refractivity contribution in [2.75, 3.05) is 37.6 Å². The van der Waals surface area contributed by atoms with Crippen LogP contribution in [0.25, 0.3) is 0 Å². The van der Waals surface area contributed by atoms with Crippen molar-refractivity contribution in [3.05, 3.63) is 29.3 Å². The van der Waals surface area contributed by atoms with E-state index < -0.39 is 35.3 Å². The van der Waals surface area contributed by atoms with Crippen LogP contribution >= 0.6 is 0 Å². The molecule has 0 aromatic heterocycles. The van der Waals surface area contributed by atoms with E-state index in [9.17, 15) is 24.0 Å². The zero-order valence-corrected chi connectivity index (χ0v) is 20.4. The summed E-state index contributed by atoms with van der Waals surface area (Å²) in [7, 11) is 0. The number of carbonyl (C=O) groups excluding carboxylic acids is 5. The number of hydrogen-bond donors (Lipinski definition) is 1. The molecule has 6 rings (SSSR count). The Bertz CT molecular complexity index is 1180. The number of benzene rings is 1. The summed E-state index contributed by atoms with van der Waals surface area (Å²) in [6.45, 7) is 2.91. The number of nitrogens with zero attached hydrogens (tertiary/aromatic N) is 3. The van der Waals surface area contributed by atoms with Gasteiger partial charge in [0.15, 0.2) is 5.67 Å². The highest BCUT2D eigenvalue weighted by Gasteiger charge is 2.50. The maximum atomic E-state index is 15.5. The number of piperidine rings is 2. The molecule has 1 saturated carbocycles. The van der Waals surface area contributed by atoms with Crippen LogP contribution in [-0.4, -0.2) is 90.4 Å². The number of ether oxygens (including phenoxy) is 1. The molecule has 1 spiro atoms. The van der Waals surface area contributed by atoms with Crippen LogP contribution in [0.1, 0.15) is 59.2 Å². The molecular weight excluding hydrogens is 483 g/mol. The maximum absolute atomic E-state index is 15.5. The topological polar surface area (TPSA) is 116 Å². The van der Waals surface area contributed by atoms with Crippen molar-refractivity contribution in [1.82, 2.24) is 15.1 Å². The van der Waals surface area contributed by atoms with E-state index in [1.54, 1.807) is 18.2 Å². The number of halogens is 1. The number of alkyl halides is 1. The molecule has 0 radical (unpaired) electrons. The van der Waals surface area contributed by atoms with Gasteiger partial charge >= 0.3 is 0 Å².